The van der Waals surface area contributed by atoms with Gasteiger partial charge in [0.2, 0.25) is 0 Å². The second-order valence-corrected chi connectivity index (χ2v) is 10.4. The molecule has 0 fully saturated rings. The number of carbonyl (C=O) groups excluding carboxylic acids is 2. The van der Waals surface area contributed by atoms with Crippen LogP contribution in [0.1, 0.15) is 53.1 Å². The highest BCUT2D eigenvalue weighted by molar-refractivity contribution is 6.06. The third-order valence-corrected chi connectivity index (χ3v) is 6.72. The normalized spacial score (nSPS) is 13.0. The molecule has 3 heterocycles. The first kappa shape index (κ1) is 27.8. The lowest BCUT2D eigenvalue weighted by Gasteiger charge is -2.26. The molecule has 1 aliphatic rings. The van der Waals surface area contributed by atoms with Crippen LogP contribution in [-0.4, -0.2) is 51.2 Å². The molecule has 0 saturated heterocycles. The molecule has 4 aromatic rings. The first-order valence-corrected chi connectivity index (χ1v) is 13.1. The Morgan fingerprint density at radius 3 is 2.46 bits per heavy atom. The number of carbonyl (C=O) groups is 2. The van der Waals surface area contributed by atoms with Crippen LogP contribution in [0.3, 0.4) is 0 Å². The number of pyridine rings is 3. The maximum atomic E-state index is 13.3. The fourth-order valence-electron chi connectivity index (χ4n) is 4.84. The van der Waals surface area contributed by atoms with Gasteiger partial charge in [-0.25, -0.2) is 4.98 Å². The summed E-state index contributed by atoms with van der Waals surface area (Å²) in [5.41, 5.74) is -0.462. The summed E-state index contributed by atoms with van der Waals surface area (Å²) in [5.74, 6) is 1.33. The molecule has 5 rings (SSSR count). The van der Waals surface area contributed by atoms with E-state index in [1.807, 2.05) is 0 Å². The molecular weight excluding hydrogens is 528 g/mol. The van der Waals surface area contributed by atoms with Gasteiger partial charge in [0.1, 0.15) is 22.9 Å². The predicted molar refractivity (Wildman–Crippen MR) is 151 cm³/mol. The lowest BCUT2D eigenvalue weighted by molar-refractivity contribution is 0.0588. The zero-order valence-electron chi connectivity index (χ0n) is 23.2. The summed E-state index contributed by atoms with van der Waals surface area (Å²) in [4.78, 5) is 47.8. The van der Waals surface area contributed by atoms with Crippen LogP contribution in [0.15, 0.2) is 53.6 Å². The Hall–Kier alpha value is -4.77. The molecule has 11 nitrogen and oxygen atoms in total. The number of Topliss-reactive ketones (excluding diaryl/α,β-unsaturated/α-hetero) is 1. The molecule has 1 aliphatic carbocycles. The van der Waals surface area contributed by atoms with Crippen LogP contribution in [0.2, 0.25) is 0 Å². The van der Waals surface area contributed by atoms with Crippen LogP contribution < -0.4 is 25.1 Å². The van der Waals surface area contributed by atoms with Gasteiger partial charge in [0.25, 0.3) is 11.5 Å². The van der Waals surface area contributed by atoms with Crippen LogP contribution >= 0.6 is 0 Å². The molecule has 1 aromatic carbocycles. The van der Waals surface area contributed by atoms with Crippen molar-refractivity contribution in [2.75, 3.05) is 19.5 Å². The average molecular weight is 559 g/mol. The zero-order chi connectivity index (χ0) is 29.3. The van der Waals surface area contributed by atoms with E-state index in [9.17, 15) is 19.5 Å². The number of hydrogen-bond donors (Lipinski definition) is 2. The Kier molecular flexibility index (Phi) is 7.46. The largest absolute Gasteiger partial charge is 0.493 e. The minimum absolute atomic E-state index is 0.0464. The maximum absolute atomic E-state index is 13.3. The molecule has 0 bridgehead atoms. The monoisotopic (exact) mass is 558 g/mol. The lowest BCUT2D eigenvalue weighted by Crippen LogP contribution is -2.39. The van der Waals surface area contributed by atoms with Crippen LogP contribution in [0.25, 0.3) is 10.9 Å². The Balaban J connectivity index is 1.39. The third-order valence-electron chi connectivity index (χ3n) is 6.72. The molecule has 2 N–H and O–H groups in total. The van der Waals surface area contributed by atoms with Gasteiger partial charge >= 0.3 is 0 Å². The van der Waals surface area contributed by atoms with Gasteiger partial charge < -0.3 is 29.2 Å². The first-order chi connectivity index (χ1) is 19.6. The quantitative estimate of drug-likeness (QED) is 0.326. The number of nitrogens with one attached hydrogen (secondary N) is 1. The van der Waals surface area contributed by atoms with E-state index in [4.69, 9.17) is 14.2 Å². The number of rotatable bonds is 8. The second kappa shape index (κ2) is 11.0. The minimum Gasteiger partial charge on any atom is -0.493 e. The van der Waals surface area contributed by atoms with E-state index >= 15 is 0 Å². The topological polar surface area (TPSA) is 142 Å². The summed E-state index contributed by atoms with van der Waals surface area (Å²) >= 11 is 0. The summed E-state index contributed by atoms with van der Waals surface area (Å²) in [6.45, 7) is 3.09. The molecule has 1 amide bonds. The number of methoxy groups -OCH3 is 2. The molecule has 0 spiro atoms. The summed E-state index contributed by atoms with van der Waals surface area (Å²) in [5, 5.41) is 13.7. The number of aliphatic hydroxyl groups is 1. The summed E-state index contributed by atoms with van der Waals surface area (Å²) in [6.07, 6.45) is 4.51. The molecule has 212 valence electrons. The number of anilines is 1. The average Bonchev–Trinajstić information content (AvgIpc) is 2.94. The molecule has 3 aromatic heterocycles. The fraction of sp³-hybridized carbons (Fsp3) is 0.300. The number of ketones is 1. The van der Waals surface area contributed by atoms with Gasteiger partial charge in [-0.2, -0.15) is 0 Å². The molecule has 0 unspecified atom stereocenters. The summed E-state index contributed by atoms with van der Waals surface area (Å²) < 4.78 is 18.1. The van der Waals surface area contributed by atoms with Gasteiger partial charge in [-0.3, -0.25) is 19.4 Å². The van der Waals surface area contributed by atoms with Gasteiger partial charge in [0.15, 0.2) is 17.3 Å². The third kappa shape index (κ3) is 5.75. The van der Waals surface area contributed by atoms with Crippen molar-refractivity contribution < 1.29 is 28.9 Å². The minimum atomic E-state index is -1.22. The molecule has 0 radical (unpaired) electrons. The zero-order valence-corrected chi connectivity index (χ0v) is 23.2. The Morgan fingerprint density at radius 1 is 1.02 bits per heavy atom. The van der Waals surface area contributed by atoms with Gasteiger partial charge in [0.05, 0.1) is 38.1 Å². The first-order valence-electron chi connectivity index (χ1n) is 13.1. The van der Waals surface area contributed by atoms with Crippen LogP contribution in [0.5, 0.6) is 23.0 Å². The van der Waals surface area contributed by atoms with E-state index in [1.54, 1.807) is 64.6 Å². The second-order valence-electron chi connectivity index (χ2n) is 10.4. The van der Waals surface area contributed by atoms with Crippen molar-refractivity contribution >= 4 is 28.4 Å². The number of hydrogen-bond acceptors (Lipinski definition) is 9. The van der Waals surface area contributed by atoms with Gasteiger partial charge in [-0.05, 0) is 57.0 Å². The Morgan fingerprint density at radius 2 is 1.78 bits per heavy atom. The summed E-state index contributed by atoms with van der Waals surface area (Å²) in [6, 6.07) is 9.75. The fourth-order valence-corrected chi connectivity index (χ4v) is 4.84. The van der Waals surface area contributed by atoms with Crippen molar-refractivity contribution in [2.24, 2.45) is 0 Å². The van der Waals surface area contributed by atoms with E-state index < -0.39 is 17.1 Å². The highest BCUT2D eigenvalue weighted by atomic mass is 16.5. The van der Waals surface area contributed by atoms with Crippen LogP contribution in [-0.2, 0) is 13.0 Å². The predicted octanol–water partition coefficient (Wildman–Crippen LogP) is 4.14. The standard InChI is InChI=1S/C30H30N4O7/c1-30(2,38)16-34-22-6-5-7-23(35)19(22)12-20(29(34)37)28(36)33-27-9-8-17(15-32-27)41-24-10-11-31-21-14-26(40-4)25(39-3)13-18(21)24/h8-15,38H,5-7,16H2,1-4H3,(H,32,33,36). The van der Waals surface area contributed by atoms with Crippen molar-refractivity contribution in [1.29, 1.82) is 0 Å². The van der Waals surface area contributed by atoms with Crippen molar-refractivity contribution in [3.05, 3.63) is 76.0 Å². The smallest absolute Gasteiger partial charge is 0.263 e. The highest BCUT2D eigenvalue weighted by Crippen LogP contribution is 2.36. The van der Waals surface area contributed by atoms with E-state index in [0.29, 0.717) is 64.4 Å². The lowest BCUT2D eigenvalue weighted by atomic mass is 9.92. The van der Waals surface area contributed by atoms with Crippen LogP contribution in [0, 0.1) is 0 Å². The molecule has 0 saturated carbocycles. The number of fused-ring (bicyclic) bond motifs is 2. The highest BCUT2D eigenvalue weighted by Gasteiger charge is 2.28. The van der Waals surface area contributed by atoms with E-state index in [1.165, 1.54) is 16.8 Å². The van der Waals surface area contributed by atoms with Gasteiger partial charge in [0, 0.05) is 35.3 Å². The molecule has 41 heavy (non-hydrogen) atoms. The van der Waals surface area contributed by atoms with Gasteiger partial charge in [-0.1, -0.05) is 0 Å². The van der Waals surface area contributed by atoms with E-state index in [-0.39, 0.29) is 23.7 Å². The Bertz CT molecular complexity index is 1710. The number of benzene rings is 1. The van der Waals surface area contributed by atoms with Gasteiger partial charge in [-0.15, -0.1) is 0 Å². The number of nitrogens with zero attached hydrogens (tertiary/aromatic N) is 3. The van der Waals surface area contributed by atoms with Crippen molar-refractivity contribution in [1.82, 2.24) is 14.5 Å². The SMILES string of the molecule is COc1cc2nccc(Oc3ccc(NC(=O)c4cc5c(n(CC(C)(C)O)c4=O)CCCC5=O)nc3)c2cc1OC. The molecule has 11 heteroatoms. The van der Waals surface area contributed by atoms with E-state index in [0.717, 1.165) is 0 Å². The molecule has 0 aliphatic heterocycles. The number of ether oxygens (including phenoxy) is 3. The number of aromatic nitrogens is 3. The maximum Gasteiger partial charge on any atom is 0.263 e. The van der Waals surface area contributed by atoms with E-state index in [2.05, 4.69) is 15.3 Å². The van der Waals surface area contributed by atoms with Crippen molar-refractivity contribution in [3.63, 3.8) is 0 Å². The molecular formula is C30H30N4O7. The van der Waals surface area contributed by atoms with Crippen molar-refractivity contribution in [2.45, 2.75) is 45.3 Å². The number of amides is 1. The van der Waals surface area contributed by atoms with Crippen LogP contribution in [0.4, 0.5) is 5.82 Å². The summed E-state index contributed by atoms with van der Waals surface area (Å²) in [7, 11) is 3.09. The Labute approximate surface area is 235 Å². The molecule has 0 atom stereocenters. The van der Waals surface area contributed by atoms with Crippen molar-refractivity contribution in [3.8, 4) is 23.0 Å².